The van der Waals surface area contributed by atoms with Crippen LogP contribution in [0, 0.1) is 0 Å². The summed E-state index contributed by atoms with van der Waals surface area (Å²) >= 11 is 1.47. The number of likely N-dealkylation sites (tertiary alicyclic amines) is 1. The molecule has 0 saturated carbocycles. The van der Waals surface area contributed by atoms with E-state index in [0.29, 0.717) is 30.1 Å². The van der Waals surface area contributed by atoms with Crippen LogP contribution in [-0.2, 0) is 9.59 Å². The summed E-state index contributed by atoms with van der Waals surface area (Å²) in [6, 6.07) is 9.25. The summed E-state index contributed by atoms with van der Waals surface area (Å²) in [5.74, 6) is -0.0929. The first kappa shape index (κ1) is 13.4. The molecule has 4 amide bonds. The Kier molecular flexibility index (Phi) is 2.97. The highest BCUT2D eigenvalue weighted by Crippen LogP contribution is 2.40. The number of hydrogen-bond donors (Lipinski definition) is 1. The number of nitrogens with one attached hydrogen (secondary N) is 1. The van der Waals surface area contributed by atoms with Crippen molar-refractivity contribution in [3.05, 3.63) is 41.7 Å². The molecule has 1 aromatic rings. The van der Waals surface area contributed by atoms with Crippen LogP contribution in [0.4, 0.5) is 4.79 Å². The van der Waals surface area contributed by atoms with Crippen molar-refractivity contribution in [2.45, 2.75) is 17.4 Å². The fourth-order valence-electron chi connectivity index (χ4n) is 3.15. The molecule has 3 aliphatic heterocycles. The zero-order valence-corrected chi connectivity index (χ0v) is 12.4. The Balaban J connectivity index is 1.51. The molecule has 1 aromatic carbocycles. The molecule has 0 radical (unpaired) electrons. The maximum Gasteiger partial charge on any atom is 0.329 e. The molecule has 0 aliphatic carbocycles. The molecule has 6 nitrogen and oxygen atoms in total. The fraction of sp³-hybridized carbons (Fsp3) is 0.267. The normalized spacial score (nSPS) is 22.5. The minimum absolute atomic E-state index is 0.0225. The van der Waals surface area contributed by atoms with Crippen LogP contribution in [0.1, 0.15) is 6.42 Å². The Bertz CT molecular complexity index is 716. The van der Waals surface area contributed by atoms with Crippen LogP contribution in [0.5, 0.6) is 0 Å². The van der Waals surface area contributed by atoms with Crippen LogP contribution in [0.15, 0.2) is 46.6 Å². The van der Waals surface area contributed by atoms with Crippen molar-refractivity contribution < 1.29 is 14.4 Å². The molecule has 3 aliphatic rings. The van der Waals surface area contributed by atoms with E-state index in [-0.39, 0.29) is 18.0 Å². The number of imide groups is 1. The van der Waals surface area contributed by atoms with E-state index >= 15 is 0 Å². The first-order valence-corrected chi connectivity index (χ1v) is 7.99. The van der Waals surface area contributed by atoms with Gasteiger partial charge in [0.1, 0.15) is 5.70 Å². The van der Waals surface area contributed by atoms with Gasteiger partial charge < -0.3 is 4.90 Å². The van der Waals surface area contributed by atoms with Gasteiger partial charge in [0.2, 0.25) is 5.91 Å². The summed E-state index contributed by atoms with van der Waals surface area (Å²) < 4.78 is 0. The monoisotopic (exact) mass is 315 g/mol. The maximum atomic E-state index is 12.4. The first-order chi connectivity index (χ1) is 10.6. The largest absolute Gasteiger partial charge is 0.329 e. The van der Waals surface area contributed by atoms with E-state index in [4.69, 9.17) is 0 Å². The van der Waals surface area contributed by atoms with Gasteiger partial charge in [-0.05, 0) is 12.1 Å². The number of rotatable bonds is 3. The number of urea groups is 1. The van der Waals surface area contributed by atoms with Crippen molar-refractivity contribution in [1.29, 1.82) is 0 Å². The first-order valence-electron chi connectivity index (χ1n) is 7.01. The Morgan fingerprint density at radius 2 is 2.05 bits per heavy atom. The Morgan fingerprint density at radius 1 is 1.27 bits per heavy atom. The number of carbonyl (C=O) groups excluding carboxylic acids is 3. The number of nitrogens with zero attached hydrogens (tertiary/aromatic N) is 2. The summed E-state index contributed by atoms with van der Waals surface area (Å²) in [6.45, 7) is 0.480. The minimum Gasteiger partial charge on any atom is -0.311 e. The van der Waals surface area contributed by atoms with E-state index in [1.54, 1.807) is 4.90 Å². The summed E-state index contributed by atoms with van der Waals surface area (Å²) in [5.41, 5.74) is 1.05. The predicted molar refractivity (Wildman–Crippen MR) is 79.7 cm³/mol. The third-order valence-electron chi connectivity index (χ3n) is 4.09. The summed E-state index contributed by atoms with van der Waals surface area (Å²) in [6.07, 6.45) is 0.593. The van der Waals surface area contributed by atoms with Crippen LogP contribution in [0.25, 0.3) is 0 Å². The van der Waals surface area contributed by atoms with E-state index in [2.05, 4.69) is 5.32 Å². The lowest BCUT2D eigenvalue weighted by molar-refractivity contribution is -0.126. The number of thioether (sulfide) groups is 1. The summed E-state index contributed by atoms with van der Waals surface area (Å²) in [5, 5.41) is 2.28. The molecule has 0 spiro atoms. The number of carbonyl (C=O) groups is 3. The smallest absolute Gasteiger partial charge is 0.311 e. The predicted octanol–water partition coefficient (Wildman–Crippen LogP) is 1.16. The van der Waals surface area contributed by atoms with Crippen LogP contribution in [0.2, 0.25) is 0 Å². The second kappa shape index (κ2) is 4.88. The standard InChI is InChI=1S/C15H13N3O3S/c19-12(8-22-10-4-2-1-3-5-10)17-7-9-6-11(17)13-14(20)16-15(21)18(9)13/h1-5,9H,6-8H2,(H,16,20,21). The quantitative estimate of drug-likeness (QED) is 0.671. The molecule has 22 heavy (non-hydrogen) atoms. The van der Waals surface area contributed by atoms with Gasteiger partial charge in [-0.2, -0.15) is 0 Å². The number of hydrogen-bond acceptors (Lipinski definition) is 4. The van der Waals surface area contributed by atoms with Crippen LogP contribution in [-0.4, -0.2) is 46.0 Å². The molecule has 1 atom stereocenters. The third-order valence-corrected chi connectivity index (χ3v) is 5.09. The lowest BCUT2D eigenvalue weighted by atomic mass is 10.3. The molecule has 2 bridgehead atoms. The second-order valence-corrected chi connectivity index (χ2v) is 6.44. The highest BCUT2D eigenvalue weighted by molar-refractivity contribution is 8.00. The van der Waals surface area contributed by atoms with Crippen LogP contribution in [0.3, 0.4) is 0 Å². The average molecular weight is 315 g/mol. The van der Waals surface area contributed by atoms with E-state index in [9.17, 15) is 14.4 Å². The Hall–Kier alpha value is -2.28. The second-order valence-electron chi connectivity index (χ2n) is 5.39. The van der Waals surface area contributed by atoms with E-state index in [0.717, 1.165) is 4.90 Å². The minimum atomic E-state index is -0.393. The van der Waals surface area contributed by atoms with Crippen molar-refractivity contribution in [1.82, 2.24) is 15.1 Å². The highest BCUT2D eigenvalue weighted by atomic mass is 32.2. The number of benzene rings is 1. The summed E-state index contributed by atoms with van der Waals surface area (Å²) in [7, 11) is 0. The highest BCUT2D eigenvalue weighted by Gasteiger charge is 2.52. The van der Waals surface area contributed by atoms with Gasteiger partial charge in [0.25, 0.3) is 5.91 Å². The molecule has 3 heterocycles. The number of fused-ring (bicyclic) bond motifs is 4. The molecule has 112 valence electrons. The Labute approximate surface area is 131 Å². The topological polar surface area (TPSA) is 69.7 Å². The van der Waals surface area contributed by atoms with E-state index in [1.165, 1.54) is 16.7 Å². The molecule has 7 heteroatoms. The molecule has 2 fully saturated rings. The molecular weight excluding hydrogens is 302 g/mol. The molecule has 1 unspecified atom stereocenters. The zero-order valence-electron chi connectivity index (χ0n) is 11.6. The zero-order chi connectivity index (χ0) is 15.3. The molecule has 0 aromatic heterocycles. The average Bonchev–Trinajstić information content (AvgIpc) is 3.18. The SMILES string of the molecule is O=C1NC(=O)N2C1=C1CC2CN1C(=O)CSc1ccccc1. The van der Waals surface area contributed by atoms with Crippen molar-refractivity contribution in [3.63, 3.8) is 0 Å². The van der Waals surface area contributed by atoms with Crippen molar-refractivity contribution in [2.75, 3.05) is 12.3 Å². The van der Waals surface area contributed by atoms with Crippen LogP contribution < -0.4 is 5.32 Å². The molecule has 4 rings (SSSR count). The van der Waals surface area contributed by atoms with Gasteiger partial charge >= 0.3 is 6.03 Å². The maximum absolute atomic E-state index is 12.4. The van der Waals surface area contributed by atoms with Gasteiger partial charge in [-0.15, -0.1) is 11.8 Å². The van der Waals surface area contributed by atoms with Gasteiger partial charge in [-0.25, -0.2) is 4.79 Å². The Morgan fingerprint density at radius 3 is 2.82 bits per heavy atom. The van der Waals surface area contributed by atoms with Gasteiger partial charge in [0, 0.05) is 17.9 Å². The van der Waals surface area contributed by atoms with Crippen molar-refractivity contribution in [3.8, 4) is 0 Å². The lowest BCUT2D eigenvalue weighted by Crippen LogP contribution is -2.42. The van der Waals surface area contributed by atoms with Gasteiger partial charge in [-0.3, -0.25) is 19.8 Å². The molecule has 2 saturated heterocycles. The molecule has 1 N–H and O–H groups in total. The van der Waals surface area contributed by atoms with E-state index < -0.39 is 5.91 Å². The van der Waals surface area contributed by atoms with Crippen LogP contribution >= 0.6 is 11.8 Å². The van der Waals surface area contributed by atoms with Crippen molar-refractivity contribution >= 4 is 29.6 Å². The van der Waals surface area contributed by atoms with Crippen molar-refractivity contribution in [2.24, 2.45) is 0 Å². The van der Waals surface area contributed by atoms with E-state index in [1.807, 2.05) is 30.3 Å². The number of amides is 4. The van der Waals surface area contributed by atoms with Gasteiger partial charge in [-0.1, -0.05) is 18.2 Å². The summed E-state index contributed by atoms with van der Waals surface area (Å²) in [4.78, 5) is 40.1. The van der Waals surface area contributed by atoms with Gasteiger partial charge in [0.05, 0.1) is 17.5 Å². The fourth-order valence-corrected chi connectivity index (χ4v) is 3.95. The molecular formula is C15H13N3O3S. The third kappa shape index (κ3) is 1.93. The van der Waals surface area contributed by atoms with Gasteiger partial charge in [0.15, 0.2) is 0 Å². The lowest BCUT2D eigenvalue weighted by Gasteiger charge is -2.27.